The van der Waals surface area contributed by atoms with E-state index in [0.717, 1.165) is 16.8 Å². The Hall–Kier alpha value is -3.60. The number of hydrogen-bond acceptors (Lipinski definition) is 3. The molecule has 1 atom stereocenters. The fourth-order valence-electron chi connectivity index (χ4n) is 3.37. The Labute approximate surface area is 183 Å². The molecule has 0 bridgehead atoms. The summed E-state index contributed by atoms with van der Waals surface area (Å²) in [5.41, 5.74) is 4.23. The summed E-state index contributed by atoms with van der Waals surface area (Å²) < 4.78 is 0. The van der Waals surface area contributed by atoms with Crippen molar-refractivity contribution in [1.82, 2.24) is 5.32 Å². The third-order valence-corrected chi connectivity index (χ3v) is 5.08. The Kier molecular flexibility index (Phi) is 7.44. The average Bonchev–Trinajstić information content (AvgIpc) is 2.78. The van der Waals surface area contributed by atoms with E-state index in [2.05, 4.69) is 29.8 Å². The first-order chi connectivity index (χ1) is 14.9. The van der Waals surface area contributed by atoms with Crippen LogP contribution < -0.4 is 16.0 Å². The number of hydrogen-bond donors (Lipinski definition) is 3. The van der Waals surface area contributed by atoms with Crippen LogP contribution in [-0.4, -0.2) is 18.4 Å². The SMILES string of the molecule is CC(C)c1ccccc1NC(=O)CNc1cccc(C(=O)NC(C)c2ccccc2)c1. The van der Waals surface area contributed by atoms with Crippen LogP contribution in [0.25, 0.3) is 0 Å². The van der Waals surface area contributed by atoms with Crippen LogP contribution in [0, 0.1) is 0 Å². The van der Waals surface area contributed by atoms with Crippen molar-refractivity contribution in [2.24, 2.45) is 0 Å². The summed E-state index contributed by atoms with van der Waals surface area (Å²) in [5, 5.41) is 9.07. The standard InChI is InChI=1S/C26H29N3O2/c1-18(2)23-14-7-8-15-24(23)29-25(30)17-27-22-13-9-12-21(16-22)26(31)28-19(3)20-10-5-4-6-11-20/h4-16,18-19,27H,17H2,1-3H3,(H,28,31)(H,29,30). The molecule has 0 aromatic heterocycles. The van der Waals surface area contributed by atoms with Crippen molar-refractivity contribution in [1.29, 1.82) is 0 Å². The summed E-state index contributed by atoms with van der Waals surface area (Å²) in [6.07, 6.45) is 0. The highest BCUT2D eigenvalue weighted by atomic mass is 16.2. The van der Waals surface area contributed by atoms with E-state index in [1.54, 1.807) is 18.2 Å². The quantitative estimate of drug-likeness (QED) is 0.464. The largest absolute Gasteiger partial charge is 0.376 e. The molecular formula is C26H29N3O2. The van der Waals surface area contributed by atoms with Crippen molar-refractivity contribution >= 4 is 23.2 Å². The predicted molar refractivity (Wildman–Crippen MR) is 126 cm³/mol. The van der Waals surface area contributed by atoms with E-state index in [9.17, 15) is 9.59 Å². The van der Waals surface area contributed by atoms with Gasteiger partial charge >= 0.3 is 0 Å². The fourth-order valence-corrected chi connectivity index (χ4v) is 3.37. The first-order valence-electron chi connectivity index (χ1n) is 10.5. The number of nitrogens with one attached hydrogen (secondary N) is 3. The Morgan fingerprint density at radius 1 is 0.839 bits per heavy atom. The fraction of sp³-hybridized carbons (Fsp3) is 0.231. The van der Waals surface area contributed by atoms with Crippen LogP contribution in [0.15, 0.2) is 78.9 Å². The van der Waals surface area contributed by atoms with Gasteiger partial charge in [-0.25, -0.2) is 0 Å². The van der Waals surface area contributed by atoms with Crippen molar-refractivity contribution in [3.63, 3.8) is 0 Å². The Morgan fingerprint density at radius 2 is 1.55 bits per heavy atom. The second-order valence-electron chi connectivity index (χ2n) is 7.83. The molecule has 0 radical (unpaired) electrons. The minimum absolute atomic E-state index is 0.0999. The number of para-hydroxylation sites is 1. The third-order valence-electron chi connectivity index (χ3n) is 5.08. The van der Waals surface area contributed by atoms with E-state index < -0.39 is 0 Å². The first kappa shape index (κ1) is 22.1. The van der Waals surface area contributed by atoms with Crippen LogP contribution in [0.1, 0.15) is 54.2 Å². The molecule has 0 heterocycles. The normalized spacial score (nSPS) is 11.6. The Balaban J connectivity index is 1.58. The Morgan fingerprint density at radius 3 is 2.29 bits per heavy atom. The van der Waals surface area contributed by atoms with Gasteiger partial charge < -0.3 is 16.0 Å². The minimum Gasteiger partial charge on any atom is -0.376 e. The summed E-state index contributed by atoms with van der Waals surface area (Å²) >= 11 is 0. The van der Waals surface area contributed by atoms with Gasteiger partial charge in [0, 0.05) is 16.9 Å². The molecule has 0 saturated carbocycles. The number of benzene rings is 3. The van der Waals surface area contributed by atoms with Crippen molar-refractivity contribution < 1.29 is 9.59 Å². The maximum absolute atomic E-state index is 12.6. The maximum atomic E-state index is 12.6. The van der Waals surface area contributed by atoms with Gasteiger partial charge in [-0.3, -0.25) is 9.59 Å². The first-order valence-corrected chi connectivity index (χ1v) is 10.5. The molecule has 3 rings (SSSR count). The molecule has 0 aliphatic heterocycles. The number of rotatable bonds is 8. The van der Waals surface area contributed by atoms with E-state index in [1.165, 1.54) is 0 Å². The molecule has 160 valence electrons. The van der Waals surface area contributed by atoms with Crippen LogP contribution in [0.4, 0.5) is 11.4 Å². The molecule has 0 fully saturated rings. The molecule has 1 unspecified atom stereocenters. The molecule has 0 aliphatic carbocycles. The lowest BCUT2D eigenvalue weighted by Crippen LogP contribution is -2.27. The molecule has 5 heteroatoms. The summed E-state index contributed by atoms with van der Waals surface area (Å²) in [6.45, 7) is 6.25. The lowest BCUT2D eigenvalue weighted by atomic mass is 10.0. The van der Waals surface area contributed by atoms with E-state index >= 15 is 0 Å². The van der Waals surface area contributed by atoms with Crippen molar-refractivity contribution in [3.8, 4) is 0 Å². The second-order valence-corrected chi connectivity index (χ2v) is 7.83. The van der Waals surface area contributed by atoms with Crippen molar-refractivity contribution in [2.45, 2.75) is 32.7 Å². The van der Waals surface area contributed by atoms with Gasteiger partial charge in [-0.05, 0) is 48.2 Å². The molecule has 3 N–H and O–H groups in total. The van der Waals surface area contributed by atoms with Crippen LogP contribution in [-0.2, 0) is 4.79 Å². The monoisotopic (exact) mass is 415 g/mol. The van der Waals surface area contributed by atoms with Gasteiger partial charge in [0.1, 0.15) is 0 Å². The average molecular weight is 416 g/mol. The zero-order valence-corrected chi connectivity index (χ0v) is 18.2. The molecule has 0 spiro atoms. The lowest BCUT2D eigenvalue weighted by Gasteiger charge is -2.15. The zero-order chi connectivity index (χ0) is 22.2. The van der Waals surface area contributed by atoms with E-state index in [-0.39, 0.29) is 24.4 Å². The topological polar surface area (TPSA) is 70.2 Å². The van der Waals surface area contributed by atoms with Gasteiger partial charge in [0.2, 0.25) is 5.91 Å². The van der Waals surface area contributed by atoms with Gasteiger partial charge in [0.15, 0.2) is 0 Å². The van der Waals surface area contributed by atoms with Crippen molar-refractivity contribution in [2.75, 3.05) is 17.2 Å². The summed E-state index contributed by atoms with van der Waals surface area (Å²) in [4.78, 5) is 25.1. The number of carbonyl (C=O) groups excluding carboxylic acids is 2. The van der Waals surface area contributed by atoms with Crippen LogP contribution in [0.2, 0.25) is 0 Å². The lowest BCUT2D eigenvalue weighted by molar-refractivity contribution is -0.114. The third kappa shape index (κ3) is 6.19. The van der Waals surface area contributed by atoms with Crippen LogP contribution in [0.3, 0.4) is 0 Å². The van der Waals surface area contributed by atoms with Gasteiger partial charge in [0.25, 0.3) is 5.91 Å². The van der Waals surface area contributed by atoms with E-state index in [0.29, 0.717) is 17.2 Å². The molecule has 0 aliphatic rings. The zero-order valence-electron chi connectivity index (χ0n) is 18.2. The summed E-state index contributed by atoms with van der Waals surface area (Å²) in [7, 11) is 0. The highest BCUT2D eigenvalue weighted by Gasteiger charge is 2.12. The Bertz CT molecular complexity index is 1030. The van der Waals surface area contributed by atoms with E-state index in [1.807, 2.05) is 67.6 Å². The predicted octanol–water partition coefficient (Wildman–Crippen LogP) is 5.35. The number of amides is 2. The summed E-state index contributed by atoms with van der Waals surface area (Å²) in [5.74, 6) is 0.0221. The van der Waals surface area contributed by atoms with Gasteiger partial charge in [-0.1, -0.05) is 68.4 Å². The number of carbonyl (C=O) groups is 2. The molecule has 0 saturated heterocycles. The van der Waals surface area contributed by atoms with Crippen LogP contribution >= 0.6 is 0 Å². The van der Waals surface area contributed by atoms with Gasteiger partial charge in [-0.2, -0.15) is 0 Å². The smallest absolute Gasteiger partial charge is 0.251 e. The molecule has 2 amide bonds. The van der Waals surface area contributed by atoms with Gasteiger partial charge in [-0.15, -0.1) is 0 Å². The molecular weight excluding hydrogens is 386 g/mol. The molecule has 3 aromatic carbocycles. The number of anilines is 2. The van der Waals surface area contributed by atoms with Crippen molar-refractivity contribution in [3.05, 3.63) is 95.6 Å². The summed E-state index contributed by atoms with van der Waals surface area (Å²) in [6, 6.07) is 24.7. The minimum atomic E-state index is -0.157. The van der Waals surface area contributed by atoms with E-state index in [4.69, 9.17) is 0 Å². The molecule has 5 nitrogen and oxygen atoms in total. The molecule has 3 aromatic rings. The maximum Gasteiger partial charge on any atom is 0.251 e. The molecule has 31 heavy (non-hydrogen) atoms. The highest BCUT2D eigenvalue weighted by molar-refractivity contribution is 5.96. The second kappa shape index (κ2) is 10.4. The van der Waals surface area contributed by atoms with Crippen LogP contribution in [0.5, 0.6) is 0 Å². The van der Waals surface area contributed by atoms with Gasteiger partial charge in [0.05, 0.1) is 12.6 Å². The highest BCUT2D eigenvalue weighted by Crippen LogP contribution is 2.23.